The molecule has 1 aliphatic heterocycles. The molecule has 4 heteroatoms. The fraction of sp³-hybridized carbons (Fsp3) is 0.941. The van der Waals surface area contributed by atoms with E-state index in [9.17, 15) is 5.26 Å². The van der Waals surface area contributed by atoms with Crippen LogP contribution >= 0.6 is 0 Å². The molecule has 0 spiro atoms. The highest BCUT2D eigenvalue weighted by Crippen LogP contribution is 2.21. The Morgan fingerprint density at radius 3 is 2.71 bits per heavy atom. The van der Waals surface area contributed by atoms with E-state index in [1.54, 1.807) is 0 Å². The van der Waals surface area contributed by atoms with Crippen LogP contribution in [0.15, 0.2) is 0 Å². The second-order valence-corrected chi connectivity index (χ2v) is 7.25. The number of hydrogen-bond donors (Lipinski definition) is 1. The minimum Gasteiger partial charge on any atom is -0.370 e. The quantitative estimate of drug-likeness (QED) is 0.699. The van der Waals surface area contributed by atoms with Gasteiger partial charge in [-0.1, -0.05) is 6.92 Å². The maximum atomic E-state index is 9.32. The van der Waals surface area contributed by atoms with Crippen molar-refractivity contribution < 1.29 is 4.74 Å². The molecule has 0 aromatic heterocycles. The zero-order valence-electron chi connectivity index (χ0n) is 14.5. The topological polar surface area (TPSA) is 48.3 Å². The van der Waals surface area contributed by atoms with Gasteiger partial charge in [-0.25, -0.2) is 0 Å². The van der Waals surface area contributed by atoms with Crippen molar-refractivity contribution in [3.8, 4) is 6.07 Å². The highest BCUT2D eigenvalue weighted by molar-refractivity contribution is 5.03. The van der Waals surface area contributed by atoms with Gasteiger partial charge in [0, 0.05) is 13.1 Å². The summed E-state index contributed by atoms with van der Waals surface area (Å²) in [5.41, 5.74) is -0.408. The lowest BCUT2D eigenvalue weighted by Crippen LogP contribution is -2.52. The van der Waals surface area contributed by atoms with Gasteiger partial charge in [-0.3, -0.25) is 10.2 Å². The zero-order valence-corrected chi connectivity index (χ0v) is 14.5. The molecular weight excluding hydrogens is 262 g/mol. The van der Waals surface area contributed by atoms with Gasteiger partial charge in [0.05, 0.1) is 17.8 Å². The predicted molar refractivity (Wildman–Crippen MR) is 87.2 cm³/mol. The molecule has 2 unspecified atom stereocenters. The molecule has 1 heterocycles. The number of nitrogens with zero attached hydrogens (tertiary/aromatic N) is 2. The van der Waals surface area contributed by atoms with Crippen LogP contribution in [0.25, 0.3) is 0 Å². The smallest absolute Gasteiger partial charge is 0.103 e. The molecule has 0 saturated carbocycles. The van der Waals surface area contributed by atoms with Gasteiger partial charge in [-0.2, -0.15) is 5.26 Å². The van der Waals surface area contributed by atoms with Crippen molar-refractivity contribution in [2.75, 3.05) is 26.2 Å². The lowest BCUT2D eigenvalue weighted by Gasteiger charge is -2.41. The first kappa shape index (κ1) is 18.4. The van der Waals surface area contributed by atoms with Crippen LogP contribution in [0, 0.1) is 11.3 Å². The molecule has 4 nitrogen and oxygen atoms in total. The van der Waals surface area contributed by atoms with E-state index in [1.807, 2.05) is 6.92 Å². The van der Waals surface area contributed by atoms with Gasteiger partial charge in [0.25, 0.3) is 0 Å². The largest absolute Gasteiger partial charge is 0.370 e. The van der Waals surface area contributed by atoms with Crippen molar-refractivity contribution in [1.82, 2.24) is 10.2 Å². The summed E-state index contributed by atoms with van der Waals surface area (Å²) in [6.45, 7) is 14.7. The number of morpholine rings is 1. The third-order valence-corrected chi connectivity index (χ3v) is 4.05. The average Bonchev–Trinajstić information content (AvgIpc) is 2.39. The van der Waals surface area contributed by atoms with E-state index >= 15 is 0 Å². The monoisotopic (exact) mass is 295 g/mol. The van der Waals surface area contributed by atoms with Crippen molar-refractivity contribution in [3.63, 3.8) is 0 Å². The summed E-state index contributed by atoms with van der Waals surface area (Å²) in [5.74, 6) is 0. The van der Waals surface area contributed by atoms with Crippen molar-refractivity contribution in [3.05, 3.63) is 0 Å². The van der Waals surface area contributed by atoms with Crippen molar-refractivity contribution >= 4 is 0 Å². The Kier molecular flexibility index (Phi) is 7.12. The minimum absolute atomic E-state index is 0.0402. The first-order valence-corrected chi connectivity index (χ1v) is 8.37. The second kappa shape index (κ2) is 8.12. The van der Waals surface area contributed by atoms with Gasteiger partial charge < -0.3 is 4.74 Å². The van der Waals surface area contributed by atoms with Crippen LogP contribution in [0.2, 0.25) is 0 Å². The minimum atomic E-state index is -0.367. The lowest BCUT2D eigenvalue weighted by atomic mass is 9.96. The molecule has 122 valence electrons. The molecule has 0 aromatic rings. The van der Waals surface area contributed by atoms with Gasteiger partial charge >= 0.3 is 0 Å². The molecule has 2 atom stereocenters. The molecule has 1 aliphatic rings. The van der Waals surface area contributed by atoms with Gasteiger partial charge in [-0.05, 0) is 66.5 Å². The van der Waals surface area contributed by atoms with Crippen LogP contribution in [0.3, 0.4) is 0 Å². The summed E-state index contributed by atoms with van der Waals surface area (Å²) in [4.78, 5) is 2.50. The molecule has 0 aromatic carbocycles. The number of nitriles is 1. The second-order valence-electron chi connectivity index (χ2n) is 7.25. The van der Waals surface area contributed by atoms with E-state index in [0.717, 1.165) is 51.9 Å². The molecule has 21 heavy (non-hydrogen) atoms. The van der Waals surface area contributed by atoms with Crippen LogP contribution in [0.5, 0.6) is 0 Å². The standard InChI is InChI=1S/C17H33N3O/c1-6-10-19-17(5,13-18)9-7-8-11-20-12-15(2)21-16(3,4)14-20/h15,19H,6-12,14H2,1-5H3. The van der Waals surface area contributed by atoms with E-state index in [-0.39, 0.29) is 11.1 Å². The van der Waals surface area contributed by atoms with Crippen LogP contribution < -0.4 is 5.32 Å². The summed E-state index contributed by atoms with van der Waals surface area (Å²) in [7, 11) is 0. The number of rotatable bonds is 8. The molecule has 0 aliphatic carbocycles. The third-order valence-electron chi connectivity index (χ3n) is 4.05. The maximum absolute atomic E-state index is 9.32. The van der Waals surface area contributed by atoms with Crippen LogP contribution in [0.1, 0.15) is 60.3 Å². The fourth-order valence-corrected chi connectivity index (χ4v) is 3.15. The van der Waals surface area contributed by atoms with E-state index in [2.05, 4.69) is 44.0 Å². The molecule has 1 saturated heterocycles. The molecule has 0 radical (unpaired) electrons. The van der Waals surface area contributed by atoms with Crippen molar-refractivity contribution in [1.29, 1.82) is 5.26 Å². The third kappa shape index (κ3) is 6.78. The number of ether oxygens (including phenoxy) is 1. The van der Waals surface area contributed by atoms with Crippen LogP contribution in [-0.4, -0.2) is 48.3 Å². The van der Waals surface area contributed by atoms with Crippen molar-refractivity contribution in [2.45, 2.75) is 77.5 Å². The van der Waals surface area contributed by atoms with E-state index < -0.39 is 0 Å². The molecule has 1 N–H and O–H groups in total. The Bertz CT molecular complexity index is 350. The Morgan fingerprint density at radius 2 is 2.14 bits per heavy atom. The highest BCUT2D eigenvalue weighted by Gasteiger charge is 2.31. The molecular formula is C17H33N3O. The zero-order chi connectivity index (χ0) is 15.9. The van der Waals surface area contributed by atoms with E-state index in [0.29, 0.717) is 6.10 Å². The summed E-state index contributed by atoms with van der Waals surface area (Å²) in [5, 5.41) is 12.7. The van der Waals surface area contributed by atoms with Crippen LogP contribution in [-0.2, 0) is 4.74 Å². The van der Waals surface area contributed by atoms with E-state index in [4.69, 9.17) is 4.74 Å². The summed E-state index contributed by atoms with van der Waals surface area (Å²) in [6, 6.07) is 2.43. The molecule has 0 amide bonds. The SMILES string of the molecule is CCCNC(C)(C#N)CCCCN1CC(C)OC(C)(C)C1. The Balaban J connectivity index is 2.28. The summed E-state index contributed by atoms with van der Waals surface area (Å²) < 4.78 is 5.93. The predicted octanol–water partition coefficient (Wildman–Crippen LogP) is 2.94. The first-order chi connectivity index (χ1) is 9.80. The summed E-state index contributed by atoms with van der Waals surface area (Å²) in [6.07, 6.45) is 4.54. The number of unbranched alkanes of at least 4 members (excludes halogenated alkanes) is 1. The number of nitrogens with one attached hydrogen (secondary N) is 1. The molecule has 1 rings (SSSR count). The number of hydrogen-bond acceptors (Lipinski definition) is 4. The molecule has 0 bridgehead atoms. The average molecular weight is 295 g/mol. The normalized spacial score (nSPS) is 25.2. The van der Waals surface area contributed by atoms with Gasteiger partial charge in [0.15, 0.2) is 0 Å². The Morgan fingerprint density at radius 1 is 1.43 bits per heavy atom. The summed E-state index contributed by atoms with van der Waals surface area (Å²) >= 11 is 0. The van der Waals surface area contributed by atoms with Crippen LogP contribution in [0.4, 0.5) is 0 Å². The Hall–Kier alpha value is -0.630. The fourth-order valence-electron chi connectivity index (χ4n) is 3.15. The van der Waals surface area contributed by atoms with Crippen molar-refractivity contribution in [2.24, 2.45) is 0 Å². The Labute approximate surface area is 130 Å². The van der Waals surface area contributed by atoms with E-state index in [1.165, 1.54) is 0 Å². The van der Waals surface area contributed by atoms with Gasteiger partial charge in [0.1, 0.15) is 5.54 Å². The van der Waals surface area contributed by atoms with Gasteiger partial charge in [0.2, 0.25) is 0 Å². The first-order valence-electron chi connectivity index (χ1n) is 8.37. The maximum Gasteiger partial charge on any atom is 0.103 e. The van der Waals surface area contributed by atoms with Gasteiger partial charge in [-0.15, -0.1) is 0 Å². The molecule has 1 fully saturated rings. The highest BCUT2D eigenvalue weighted by atomic mass is 16.5. The lowest BCUT2D eigenvalue weighted by molar-refractivity contribution is -0.128.